The van der Waals surface area contributed by atoms with Crippen LogP contribution in [0.4, 0.5) is 0 Å². The normalized spacial score (nSPS) is 17.9. The average Bonchev–Trinajstić information content (AvgIpc) is 2.89. The summed E-state index contributed by atoms with van der Waals surface area (Å²) in [5, 5.41) is 7.03. The molecule has 2 rings (SSSR count). The Morgan fingerprint density at radius 2 is 2.28 bits per heavy atom. The number of hydrogen-bond acceptors (Lipinski definition) is 3. The second kappa shape index (κ2) is 5.52. The maximum absolute atomic E-state index is 11.8. The topological polar surface area (TPSA) is 72.9 Å². The minimum atomic E-state index is -0.253. The number of aromatic nitrogens is 2. The van der Waals surface area contributed by atoms with E-state index < -0.39 is 0 Å². The fourth-order valence-electron chi connectivity index (χ4n) is 2.61. The van der Waals surface area contributed by atoms with Gasteiger partial charge in [-0.15, -0.1) is 0 Å². The van der Waals surface area contributed by atoms with Crippen LogP contribution in [-0.2, 0) is 18.3 Å². The molecule has 0 bridgehead atoms. The van der Waals surface area contributed by atoms with E-state index in [2.05, 4.69) is 10.4 Å². The summed E-state index contributed by atoms with van der Waals surface area (Å²) in [6.07, 6.45) is 7.28. The molecule has 1 heterocycles. The zero-order valence-electron chi connectivity index (χ0n) is 11.0. The summed E-state index contributed by atoms with van der Waals surface area (Å²) in [6.45, 7) is 0.647. The van der Waals surface area contributed by atoms with Gasteiger partial charge in [-0.2, -0.15) is 5.10 Å². The number of amides is 1. The third-order valence-corrected chi connectivity index (χ3v) is 3.74. The second-order valence-electron chi connectivity index (χ2n) is 5.29. The predicted octanol–water partition coefficient (Wildman–Crippen LogP) is 0.740. The van der Waals surface area contributed by atoms with Gasteiger partial charge in [-0.3, -0.25) is 9.48 Å². The van der Waals surface area contributed by atoms with Crippen molar-refractivity contribution in [3.8, 4) is 0 Å². The highest BCUT2D eigenvalue weighted by atomic mass is 16.1. The van der Waals surface area contributed by atoms with E-state index in [0.717, 1.165) is 37.8 Å². The molecule has 1 amide bonds. The molecule has 0 unspecified atom stereocenters. The Balaban J connectivity index is 1.70. The molecule has 1 aromatic heterocycles. The first-order valence-corrected chi connectivity index (χ1v) is 6.62. The molecule has 1 aliphatic carbocycles. The van der Waals surface area contributed by atoms with E-state index in [-0.39, 0.29) is 11.4 Å². The first-order chi connectivity index (χ1) is 8.59. The number of aryl methyl sites for hydroxylation is 1. The standard InChI is InChI=1S/C13H22N4O/c1-17-11(5-9-16-17)4-8-15-12(18)10-13(14)6-2-3-7-13/h5,9H,2-4,6-8,10,14H2,1H3,(H,15,18). The number of nitrogens with zero attached hydrogens (tertiary/aromatic N) is 2. The van der Waals surface area contributed by atoms with Gasteiger partial charge >= 0.3 is 0 Å². The van der Waals surface area contributed by atoms with Crippen molar-refractivity contribution in [2.24, 2.45) is 12.8 Å². The first kappa shape index (κ1) is 13.1. The molecular formula is C13H22N4O. The van der Waals surface area contributed by atoms with Crippen LogP contribution in [0.1, 0.15) is 37.8 Å². The zero-order chi connectivity index (χ0) is 13.0. The molecule has 5 heteroatoms. The van der Waals surface area contributed by atoms with Gasteiger partial charge in [-0.25, -0.2) is 0 Å². The van der Waals surface area contributed by atoms with Crippen LogP contribution in [0.5, 0.6) is 0 Å². The van der Waals surface area contributed by atoms with Gasteiger partial charge in [0.05, 0.1) is 0 Å². The molecule has 0 spiro atoms. The minimum absolute atomic E-state index is 0.0709. The van der Waals surface area contributed by atoms with Crippen molar-refractivity contribution in [2.45, 2.75) is 44.1 Å². The molecule has 100 valence electrons. The molecule has 1 saturated carbocycles. The highest BCUT2D eigenvalue weighted by Crippen LogP contribution is 2.29. The lowest BCUT2D eigenvalue weighted by atomic mass is 9.94. The van der Waals surface area contributed by atoms with Crippen LogP contribution in [0, 0.1) is 0 Å². The lowest BCUT2D eigenvalue weighted by Crippen LogP contribution is -2.42. The third-order valence-electron chi connectivity index (χ3n) is 3.74. The van der Waals surface area contributed by atoms with Crippen molar-refractivity contribution in [2.75, 3.05) is 6.54 Å². The van der Waals surface area contributed by atoms with Crippen LogP contribution in [0.3, 0.4) is 0 Å². The van der Waals surface area contributed by atoms with Crippen LogP contribution in [0.25, 0.3) is 0 Å². The summed E-state index contributed by atoms with van der Waals surface area (Å²) in [5.41, 5.74) is 7.05. The van der Waals surface area contributed by atoms with Gasteiger partial charge in [0.25, 0.3) is 0 Å². The van der Waals surface area contributed by atoms with Crippen LogP contribution >= 0.6 is 0 Å². The fraction of sp³-hybridized carbons (Fsp3) is 0.692. The Morgan fingerprint density at radius 1 is 1.56 bits per heavy atom. The highest BCUT2D eigenvalue weighted by Gasteiger charge is 2.31. The molecule has 1 aliphatic rings. The average molecular weight is 250 g/mol. The number of nitrogens with two attached hydrogens (primary N) is 1. The Morgan fingerprint density at radius 3 is 2.89 bits per heavy atom. The number of carbonyl (C=O) groups excluding carboxylic acids is 1. The summed E-state index contributed by atoms with van der Waals surface area (Å²) in [4.78, 5) is 11.8. The summed E-state index contributed by atoms with van der Waals surface area (Å²) in [5.74, 6) is 0.0709. The van der Waals surface area contributed by atoms with E-state index in [1.807, 2.05) is 17.8 Å². The molecule has 3 N–H and O–H groups in total. The maximum Gasteiger partial charge on any atom is 0.221 e. The van der Waals surface area contributed by atoms with E-state index in [4.69, 9.17) is 5.73 Å². The fourth-order valence-corrected chi connectivity index (χ4v) is 2.61. The second-order valence-corrected chi connectivity index (χ2v) is 5.29. The number of hydrogen-bond donors (Lipinski definition) is 2. The van der Waals surface area contributed by atoms with Gasteiger partial charge in [0.1, 0.15) is 0 Å². The molecular weight excluding hydrogens is 228 g/mol. The van der Waals surface area contributed by atoms with E-state index in [1.54, 1.807) is 6.20 Å². The molecule has 1 fully saturated rings. The van der Waals surface area contributed by atoms with E-state index in [0.29, 0.717) is 13.0 Å². The van der Waals surface area contributed by atoms with Crippen LogP contribution in [-0.4, -0.2) is 27.8 Å². The molecule has 18 heavy (non-hydrogen) atoms. The minimum Gasteiger partial charge on any atom is -0.356 e. The summed E-state index contributed by atoms with van der Waals surface area (Å²) < 4.78 is 1.83. The van der Waals surface area contributed by atoms with Gasteiger partial charge < -0.3 is 11.1 Å². The van der Waals surface area contributed by atoms with Gasteiger partial charge in [-0.1, -0.05) is 12.8 Å². The van der Waals surface area contributed by atoms with Crippen molar-refractivity contribution in [3.63, 3.8) is 0 Å². The quantitative estimate of drug-likeness (QED) is 0.809. The van der Waals surface area contributed by atoms with Crippen molar-refractivity contribution in [1.82, 2.24) is 15.1 Å². The van der Waals surface area contributed by atoms with E-state index in [1.165, 1.54) is 0 Å². The highest BCUT2D eigenvalue weighted by molar-refractivity contribution is 5.77. The molecule has 0 saturated heterocycles. The number of rotatable bonds is 5. The molecule has 0 aliphatic heterocycles. The third kappa shape index (κ3) is 3.32. The largest absolute Gasteiger partial charge is 0.356 e. The van der Waals surface area contributed by atoms with Crippen molar-refractivity contribution in [3.05, 3.63) is 18.0 Å². The molecule has 5 nitrogen and oxygen atoms in total. The Labute approximate surface area is 108 Å². The summed E-state index contributed by atoms with van der Waals surface area (Å²) in [6, 6.07) is 1.97. The lowest BCUT2D eigenvalue weighted by molar-refractivity contribution is -0.122. The van der Waals surface area contributed by atoms with Crippen molar-refractivity contribution >= 4 is 5.91 Å². The predicted molar refractivity (Wildman–Crippen MR) is 69.9 cm³/mol. The monoisotopic (exact) mass is 250 g/mol. The maximum atomic E-state index is 11.8. The molecule has 0 atom stereocenters. The zero-order valence-corrected chi connectivity index (χ0v) is 11.0. The number of nitrogens with one attached hydrogen (secondary N) is 1. The molecule has 0 radical (unpaired) electrons. The lowest BCUT2D eigenvalue weighted by Gasteiger charge is -2.22. The van der Waals surface area contributed by atoms with Crippen LogP contribution < -0.4 is 11.1 Å². The van der Waals surface area contributed by atoms with Crippen LogP contribution in [0.2, 0.25) is 0 Å². The first-order valence-electron chi connectivity index (χ1n) is 6.62. The molecule has 0 aromatic carbocycles. The Bertz CT molecular complexity index is 407. The summed E-state index contributed by atoms with van der Waals surface area (Å²) >= 11 is 0. The van der Waals surface area contributed by atoms with Gasteiger partial charge in [0.15, 0.2) is 0 Å². The van der Waals surface area contributed by atoms with Crippen molar-refractivity contribution in [1.29, 1.82) is 0 Å². The van der Waals surface area contributed by atoms with Gasteiger partial charge in [0, 0.05) is 43.9 Å². The van der Waals surface area contributed by atoms with Crippen LogP contribution in [0.15, 0.2) is 12.3 Å². The van der Waals surface area contributed by atoms with E-state index >= 15 is 0 Å². The van der Waals surface area contributed by atoms with E-state index in [9.17, 15) is 4.79 Å². The SMILES string of the molecule is Cn1nccc1CCNC(=O)CC1(N)CCCC1. The Hall–Kier alpha value is -1.36. The Kier molecular flexibility index (Phi) is 4.01. The number of carbonyl (C=O) groups is 1. The van der Waals surface area contributed by atoms with Crippen molar-refractivity contribution < 1.29 is 4.79 Å². The summed E-state index contributed by atoms with van der Waals surface area (Å²) in [7, 11) is 1.91. The van der Waals surface area contributed by atoms with Gasteiger partial charge in [-0.05, 0) is 18.9 Å². The molecule has 1 aromatic rings. The van der Waals surface area contributed by atoms with Gasteiger partial charge in [0.2, 0.25) is 5.91 Å². The smallest absolute Gasteiger partial charge is 0.221 e.